The van der Waals surface area contributed by atoms with Gasteiger partial charge in [0, 0.05) is 42.3 Å². The summed E-state index contributed by atoms with van der Waals surface area (Å²) in [5, 5.41) is 9.58. The van der Waals surface area contributed by atoms with Gasteiger partial charge in [0.25, 0.3) is 0 Å². The lowest BCUT2D eigenvalue weighted by Gasteiger charge is -2.27. The van der Waals surface area contributed by atoms with E-state index in [0.29, 0.717) is 0 Å². The highest BCUT2D eigenvalue weighted by Crippen LogP contribution is 2.46. The molecular weight excluding hydrogens is 663 g/mol. The molecule has 9 aromatic carbocycles. The third-order valence-electron chi connectivity index (χ3n) is 10.6. The maximum absolute atomic E-state index is 6.71. The summed E-state index contributed by atoms with van der Waals surface area (Å²) in [6.45, 7) is 0. The van der Waals surface area contributed by atoms with Crippen LogP contribution in [0.5, 0.6) is 0 Å². The minimum absolute atomic E-state index is 0.871. The summed E-state index contributed by atoms with van der Waals surface area (Å²) >= 11 is 1.86. The fourth-order valence-corrected chi connectivity index (χ4v) is 9.30. The van der Waals surface area contributed by atoms with Gasteiger partial charge in [-0.25, -0.2) is 0 Å². The zero-order chi connectivity index (χ0) is 34.9. The van der Waals surface area contributed by atoms with Crippen molar-refractivity contribution in [3.8, 4) is 22.3 Å². The first kappa shape index (κ1) is 30.0. The van der Waals surface area contributed by atoms with Crippen molar-refractivity contribution in [1.82, 2.24) is 0 Å². The molecule has 0 unspecified atom stereocenters. The molecule has 0 spiro atoms. The number of furan rings is 1. The van der Waals surface area contributed by atoms with Crippen LogP contribution >= 0.6 is 11.3 Å². The molecule has 0 fully saturated rings. The molecule has 2 aromatic heterocycles. The monoisotopic (exact) mass is 693 g/mol. The number of anilines is 3. The van der Waals surface area contributed by atoms with Crippen LogP contribution in [0.2, 0.25) is 0 Å². The van der Waals surface area contributed by atoms with Crippen LogP contribution in [0.4, 0.5) is 17.1 Å². The summed E-state index contributed by atoms with van der Waals surface area (Å²) in [5.41, 5.74) is 9.80. The molecule has 0 N–H and O–H groups in total. The lowest BCUT2D eigenvalue weighted by Crippen LogP contribution is -2.10. The molecule has 11 rings (SSSR count). The SMILES string of the molecule is c1cc(-c2ccc3ccccc3c2)cc(N(c2cccc(-c3cccc4sc5ccccc5c34)c2)c2cccc3oc4c5ccccc5ccc4c23)c1. The van der Waals surface area contributed by atoms with Crippen molar-refractivity contribution in [2.45, 2.75) is 0 Å². The molecular formula is C50H31NOS. The minimum Gasteiger partial charge on any atom is -0.455 e. The molecule has 248 valence electrons. The topological polar surface area (TPSA) is 16.4 Å². The molecule has 0 radical (unpaired) electrons. The first-order valence-electron chi connectivity index (χ1n) is 18.0. The first-order valence-corrected chi connectivity index (χ1v) is 18.8. The number of benzene rings is 9. The van der Waals surface area contributed by atoms with Gasteiger partial charge < -0.3 is 9.32 Å². The van der Waals surface area contributed by atoms with Crippen LogP contribution in [-0.2, 0) is 0 Å². The predicted molar refractivity (Wildman–Crippen MR) is 227 cm³/mol. The maximum Gasteiger partial charge on any atom is 0.143 e. The average Bonchev–Trinajstić information content (AvgIpc) is 3.80. The smallest absolute Gasteiger partial charge is 0.143 e. The van der Waals surface area contributed by atoms with Crippen molar-refractivity contribution in [2.24, 2.45) is 0 Å². The molecule has 0 aliphatic rings. The van der Waals surface area contributed by atoms with E-state index in [1.807, 2.05) is 11.3 Å². The molecule has 2 heterocycles. The summed E-state index contributed by atoms with van der Waals surface area (Å²) in [7, 11) is 0. The van der Waals surface area contributed by atoms with Gasteiger partial charge in [-0.05, 0) is 99.1 Å². The average molecular weight is 694 g/mol. The van der Waals surface area contributed by atoms with Gasteiger partial charge in [-0.1, -0.05) is 127 Å². The fraction of sp³-hybridized carbons (Fsp3) is 0. The van der Waals surface area contributed by atoms with E-state index in [1.54, 1.807) is 0 Å². The number of hydrogen-bond acceptors (Lipinski definition) is 3. The summed E-state index contributed by atoms with van der Waals surface area (Å²) in [5.74, 6) is 0. The third kappa shape index (κ3) is 4.86. The highest BCUT2D eigenvalue weighted by molar-refractivity contribution is 7.25. The summed E-state index contributed by atoms with van der Waals surface area (Å²) < 4.78 is 9.32. The molecule has 0 saturated carbocycles. The standard InChI is InChI=1S/C50H31NOS/c1-2-13-34-29-36(26-25-32(34)11-1)35-14-7-16-38(30-35)51(44-21-10-22-45-49(44)43-28-27-33-12-3-4-18-41(33)50(43)52-45)39-17-8-15-37(31-39)40-20-9-24-47-48(40)42-19-5-6-23-46(42)53-47/h1-31H. The molecule has 0 bridgehead atoms. The molecule has 0 saturated heterocycles. The molecule has 0 atom stereocenters. The van der Waals surface area contributed by atoms with E-state index in [4.69, 9.17) is 4.42 Å². The quantitative estimate of drug-likeness (QED) is 0.178. The highest BCUT2D eigenvalue weighted by atomic mass is 32.1. The summed E-state index contributed by atoms with van der Waals surface area (Å²) in [6, 6.07) is 68.0. The van der Waals surface area contributed by atoms with Crippen molar-refractivity contribution >= 4 is 92.1 Å². The van der Waals surface area contributed by atoms with Gasteiger partial charge in [-0.2, -0.15) is 0 Å². The van der Waals surface area contributed by atoms with E-state index in [-0.39, 0.29) is 0 Å². The zero-order valence-electron chi connectivity index (χ0n) is 28.7. The lowest BCUT2D eigenvalue weighted by atomic mass is 9.98. The fourth-order valence-electron chi connectivity index (χ4n) is 8.17. The van der Waals surface area contributed by atoms with E-state index in [1.165, 1.54) is 58.6 Å². The Bertz CT molecular complexity index is 3200. The van der Waals surface area contributed by atoms with Crippen LogP contribution in [0.25, 0.3) is 85.9 Å². The van der Waals surface area contributed by atoms with E-state index < -0.39 is 0 Å². The molecule has 2 nitrogen and oxygen atoms in total. The molecule has 0 aliphatic carbocycles. The third-order valence-corrected chi connectivity index (χ3v) is 11.7. The van der Waals surface area contributed by atoms with Gasteiger partial charge in [0.1, 0.15) is 11.2 Å². The second-order valence-corrected chi connectivity index (χ2v) is 14.8. The normalized spacial score (nSPS) is 11.8. The van der Waals surface area contributed by atoms with Gasteiger partial charge in [0.05, 0.1) is 11.1 Å². The van der Waals surface area contributed by atoms with E-state index in [2.05, 4.69) is 193 Å². The lowest BCUT2D eigenvalue weighted by molar-refractivity contribution is 0.672. The van der Waals surface area contributed by atoms with Crippen molar-refractivity contribution < 1.29 is 4.42 Å². The second-order valence-electron chi connectivity index (χ2n) is 13.7. The van der Waals surface area contributed by atoms with Crippen LogP contribution in [0.3, 0.4) is 0 Å². The number of fused-ring (bicyclic) bond motifs is 9. The number of nitrogens with zero attached hydrogens (tertiary/aromatic N) is 1. The Morgan fingerprint density at radius 1 is 0.396 bits per heavy atom. The van der Waals surface area contributed by atoms with Gasteiger partial charge in [0.2, 0.25) is 0 Å². The molecule has 0 aliphatic heterocycles. The second kappa shape index (κ2) is 11.9. The van der Waals surface area contributed by atoms with Crippen molar-refractivity contribution in [3.05, 3.63) is 188 Å². The van der Waals surface area contributed by atoms with E-state index >= 15 is 0 Å². The van der Waals surface area contributed by atoms with Crippen molar-refractivity contribution in [3.63, 3.8) is 0 Å². The Balaban J connectivity index is 1.16. The van der Waals surface area contributed by atoms with Crippen LogP contribution in [-0.4, -0.2) is 0 Å². The maximum atomic E-state index is 6.71. The van der Waals surface area contributed by atoms with Crippen molar-refractivity contribution in [2.75, 3.05) is 4.90 Å². The predicted octanol–water partition coefficient (Wildman–Crippen LogP) is 15.1. The minimum atomic E-state index is 0.871. The summed E-state index contributed by atoms with van der Waals surface area (Å²) in [4.78, 5) is 2.41. The van der Waals surface area contributed by atoms with Crippen LogP contribution < -0.4 is 4.90 Å². The molecule has 0 amide bonds. The number of hydrogen-bond donors (Lipinski definition) is 0. The van der Waals surface area contributed by atoms with Gasteiger partial charge in [-0.3, -0.25) is 0 Å². The zero-order valence-corrected chi connectivity index (χ0v) is 29.5. The Labute approximate surface area is 310 Å². The van der Waals surface area contributed by atoms with Crippen LogP contribution in [0.1, 0.15) is 0 Å². The van der Waals surface area contributed by atoms with E-state index in [9.17, 15) is 0 Å². The molecule has 3 heteroatoms. The van der Waals surface area contributed by atoms with Crippen molar-refractivity contribution in [1.29, 1.82) is 0 Å². The molecule has 53 heavy (non-hydrogen) atoms. The Hall–Kier alpha value is -6.68. The molecule has 11 aromatic rings. The highest BCUT2D eigenvalue weighted by Gasteiger charge is 2.22. The van der Waals surface area contributed by atoms with Crippen LogP contribution in [0.15, 0.2) is 192 Å². The number of thiophene rings is 1. The Morgan fingerprint density at radius 2 is 1.06 bits per heavy atom. The summed E-state index contributed by atoms with van der Waals surface area (Å²) in [6.07, 6.45) is 0. The Kier molecular flexibility index (Phi) is 6.76. The number of rotatable bonds is 5. The van der Waals surface area contributed by atoms with Gasteiger partial charge >= 0.3 is 0 Å². The van der Waals surface area contributed by atoms with Crippen LogP contribution in [0, 0.1) is 0 Å². The largest absolute Gasteiger partial charge is 0.455 e. The Morgan fingerprint density at radius 3 is 1.94 bits per heavy atom. The van der Waals surface area contributed by atoms with Gasteiger partial charge in [-0.15, -0.1) is 11.3 Å². The first-order chi connectivity index (χ1) is 26.3. The van der Waals surface area contributed by atoms with Gasteiger partial charge in [0.15, 0.2) is 0 Å². The van der Waals surface area contributed by atoms with E-state index in [0.717, 1.165) is 44.4 Å².